The van der Waals surface area contributed by atoms with Crippen molar-refractivity contribution in [3.63, 3.8) is 0 Å². The first-order valence-electron chi connectivity index (χ1n) is 11.1. The van der Waals surface area contributed by atoms with Gasteiger partial charge in [-0.1, -0.05) is 18.2 Å². The van der Waals surface area contributed by atoms with Crippen molar-refractivity contribution < 1.29 is 14.0 Å². The molecule has 2 aliphatic heterocycles. The smallest absolute Gasteiger partial charge is 0.151 e. The molecule has 2 heterocycles. The Morgan fingerprint density at radius 3 is 2.90 bits per heavy atom. The Kier molecular flexibility index (Phi) is 4.55. The van der Waals surface area contributed by atoms with Gasteiger partial charge < -0.3 is 9.47 Å². The van der Waals surface area contributed by atoms with Crippen molar-refractivity contribution in [2.45, 2.75) is 44.1 Å². The van der Waals surface area contributed by atoms with Gasteiger partial charge in [-0.05, 0) is 63.0 Å². The van der Waals surface area contributed by atoms with E-state index in [1.807, 2.05) is 18.4 Å². The SMILES string of the molecule is COc1ccc2c(c1)C1C=CC3(C4CC=CCCC4)C(=CC(C)=C[N+]3(C)C)C1=CO2. The maximum atomic E-state index is 6.17. The van der Waals surface area contributed by atoms with Gasteiger partial charge in [-0.25, -0.2) is 0 Å². The van der Waals surface area contributed by atoms with E-state index in [0.717, 1.165) is 22.4 Å². The molecule has 0 radical (unpaired) electrons. The summed E-state index contributed by atoms with van der Waals surface area (Å²) in [6.45, 7) is 2.22. The van der Waals surface area contributed by atoms with Gasteiger partial charge in [0.2, 0.25) is 0 Å². The van der Waals surface area contributed by atoms with Crippen molar-refractivity contribution in [2.24, 2.45) is 5.92 Å². The molecule has 3 heteroatoms. The van der Waals surface area contributed by atoms with E-state index >= 15 is 0 Å². The fourth-order valence-corrected chi connectivity index (χ4v) is 6.16. The molecule has 0 saturated heterocycles. The van der Waals surface area contributed by atoms with Crippen molar-refractivity contribution in [2.75, 3.05) is 21.2 Å². The molecule has 0 fully saturated rings. The molecule has 0 spiro atoms. The zero-order chi connectivity index (χ0) is 20.9. The molecule has 3 unspecified atom stereocenters. The number of hydrogen-bond acceptors (Lipinski definition) is 2. The van der Waals surface area contributed by atoms with Crippen LogP contribution in [0.25, 0.3) is 0 Å². The van der Waals surface area contributed by atoms with Crippen LogP contribution >= 0.6 is 0 Å². The van der Waals surface area contributed by atoms with E-state index < -0.39 is 0 Å². The van der Waals surface area contributed by atoms with E-state index in [9.17, 15) is 0 Å². The monoisotopic (exact) mass is 402 g/mol. The standard InChI is InChI=1S/C27H32NO2/c1-19-15-25-24-18-30-26-12-11-21(29-4)16-23(26)22(24)13-14-27(25,28(2,3)17-19)20-9-7-5-6-8-10-20/h5,7,11-18,20,22H,6,8-10H2,1-4H3/q+1. The molecule has 2 aliphatic carbocycles. The minimum atomic E-state index is -0.0732. The first kappa shape index (κ1) is 19.4. The van der Waals surface area contributed by atoms with Crippen LogP contribution in [-0.4, -0.2) is 31.2 Å². The Morgan fingerprint density at radius 2 is 2.07 bits per heavy atom. The number of likely N-dealkylation sites (N-methyl/N-ethyl adjacent to an activating group) is 1. The van der Waals surface area contributed by atoms with Crippen molar-refractivity contribution >= 4 is 0 Å². The molecule has 0 amide bonds. The van der Waals surface area contributed by atoms with Crippen molar-refractivity contribution in [1.29, 1.82) is 0 Å². The summed E-state index contributed by atoms with van der Waals surface area (Å²) in [4.78, 5) is 0. The van der Waals surface area contributed by atoms with Gasteiger partial charge in [-0.15, -0.1) is 0 Å². The van der Waals surface area contributed by atoms with E-state index in [4.69, 9.17) is 9.47 Å². The maximum absolute atomic E-state index is 6.17. The Balaban J connectivity index is 1.69. The molecular weight excluding hydrogens is 370 g/mol. The Bertz CT molecular complexity index is 1020. The largest absolute Gasteiger partial charge is 0.497 e. The second kappa shape index (κ2) is 7.02. The van der Waals surface area contributed by atoms with Gasteiger partial charge in [0.15, 0.2) is 5.54 Å². The lowest BCUT2D eigenvalue weighted by molar-refractivity contribution is -0.886. The number of rotatable bonds is 2. The topological polar surface area (TPSA) is 18.5 Å². The third kappa shape index (κ3) is 2.75. The Hall–Kier alpha value is -2.52. The summed E-state index contributed by atoms with van der Waals surface area (Å²) in [5, 5.41) is 0. The zero-order valence-corrected chi connectivity index (χ0v) is 18.5. The molecule has 4 aliphatic rings. The summed E-state index contributed by atoms with van der Waals surface area (Å²) in [6.07, 6.45) is 21.4. The highest BCUT2D eigenvalue weighted by atomic mass is 16.5. The van der Waals surface area contributed by atoms with E-state index in [0.29, 0.717) is 5.92 Å². The normalized spacial score (nSPS) is 31.1. The number of allylic oxidation sites excluding steroid dienone is 5. The van der Waals surface area contributed by atoms with Crippen molar-refractivity contribution in [1.82, 2.24) is 0 Å². The molecular formula is C27H32NO2+. The highest BCUT2D eigenvalue weighted by molar-refractivity contribution is 5.62. The van der Waals surface area contributed by atoms with Crippen molar-refractivity contribution in [3.8, 4) is 11.5 Å². The molecule has 0 saturated carbocycles. The Morgan fingerprint density at radius 1 is 1.20 bits per heavy atom. The molecule has 156 valence electrons. The van der Waals surface area contributed by atoms with Crippen LogP contribution in [0.5, 0.6) is 11.5 Å². The molecule has 30 heavy (non-hydrogen) atoms. The number of fused-ring (bicyclic) bond motifs is 5. The summed E-state index contributed by atoms with van der Waals surface area (Å²) < 4.78 is 12.5. The number of hydrogen-bond donors (Lipinski definition) is 0. The summed E-state index contributed by atoms with van der Waals surface area (Å²) >= 11 is 0. The van der Waals surface area contributed by atoms with Gasteiger partial charge in [0, 0.05) is 34.1 Å². The summed E-state index contributed by atoms with van der Waals surface area (Å²) in [7, 11) is 6.44. The van der Waals surface area contributed by atoms with E-state index in [2.05, 4.69) is 63.7 Å². The fourth-order valence-electron chi connectivity index (χ4n) is 6.16. The lowest BCUT2D eigenvalue weighted by atomic mass is 9.62. The van der Waals surface area contributed by atoms with Gasteiger partial charge in [-0.2, -0.15) is 0 Å². The number of methoxy groups -OCH3 is 1. The molecule has 0 aromatic heterocycles. The predicted octanol–water partition coefficient (Wildman–Crippen LogP) is 6.03. The van der Waals surface area contributed by atoms with Crippen LogP contribution in [0.1, 0.15) is 44.1 Å². The fraction of sp³-hybridized carbons (Fsp3) is 0.407. The molecule has 0 bridgehead atoms. The van der Waals surface area contributed by atoms with E-state index in [1.165, 1.54) is 41.5 Å². The van der Waals surface area contributed by atoms with Crippen LogP contribution in [0.15, 0.2) is 77.8 Å². The van der Waals surface area contributed by atoms with Gasteiger partial charge in [0.05, 0.1) is 33.7 Å². The molecule has 3 nitrogen and oxygen atoms in total. The van der Waals surface area contributed by atoms with E-state index in [1.54, 1.807) is 7.11 Å². The predicted molar refractivity (Wildman–Crippen MR) is 121 cm³/mol. The van der Waals surface area contributed by atoms with E-state index in [-0.39, 0.29) is 11.5 Å². The number of ether oxygens (including phenoxy) is 2. The van der Waals surface area contributed by atoms with Crippen LogP contribution in [0.2, 0.25) is 0 Å². The molecule has 3 atom stereocenters. The molecule has 1 aromatic carbocycles. The highest BCUT2D eigenvalue weighted by Crippen LogP contribution is 2.56. The molecule has 1 aromatic rings. The zero-order valence-electron chi connectivity index (χ0n) is 18.5. The third-order valence-corrected chi connectivity index (χ3v) is 7.47. The lowest BCUT2D eigenvalue weighted by Gasteiger charge is -2.55. The second-order valence-electron chi connectivity index (χ2n) is 9.56. The van der Waals surface area contributed by atoms with Crippen molar-refractivity contribution in [3.05, 3.63) is 83.3 Å². The second-order valence-corrected chi connectivity index (χ2v) is 9.56. The van der Waals surface area contributed by atoms with Gasteiger partial charge in [0.25, 0.3) is 0 Å². The summed E-state index contributed by atoms with van der Waals surface area (Å²) in [5.74, 6) is 2.57. The minimum absolute atomic E-state index is 0.0732. The van der Waals surface area contributed by atoms with Crippen LogP contribution in [0, 0.1) is 5.92 Å². The third-order valence-electron chi connectivity index (χ3n) is 7.47. The molecule has 0 N–H and O–H groups in total. The highest BCUT2D eigenvalue weighted by Gasteiger charge is 2.56. The first-order valence-corrected chi connectivity index (χ1v) is 11.1. The quantitative estimate of drug-likeness (QED) is 0.444. The van der Waals surface area contributed by atoms with Gasteiger partial charge in [0.1, 0.15) is 11.5 Å². The first-order chi connectivity index (χ1) is 14.5. The average Bonchev–Trinajstić information content (AvgIpc) is 3.02. The van der Waals surface area contributed by atoms with Gasteiger partial charge in [-0.3, -0.25) is 4.48 Å². The molecule has 5 rings (SSSR count). The lowest BCUT2D eigenvalue weighted by Crippen LogP contribution is -2.63. The summed E-state index contributed by atoms with van der Waals surface area (Å²) in [6, 6.07) is 6.12. The minimum Gasteiger partial charge on any atom is -0.497 e. The Labute approximate surface area is 180 Å². The maximum Gasteiger partial charge on any atom is 0.151 e. The number of nitrogens with zero attached hydrogens (tertiary/aromatic N) is 1. The van der Waals surface area contributed by atoms with Crippen LogP contribution < -0.4 is 9.47 Å². The summed E-state index contributed by atoms with van der Waals surface area (Å²) in [5.41, 5.74) is 5.16. The number of quaternary nitrogens is 1. The van der Waals surface area contributed by atoms with Gasteiger partial charge >= 0.3 is 0 Å². The van der Waals surface area contributed by atoms with Crippen LogP contribution in [0.3, 0.4) is 0 Å². The van der Waals surface area contributed by atoms with Crippen LogP contribution in [0.4, 0.5) is 0 Å². The average molecular weight is 403 g/mol. The van der Waals surface area contributed by atoms with Crippen LogP contribution in [-0.2, 0) is 0 Å². The number of benzene rings is 1.